The molecule has 4 rings (SSSR count). The van der Waals surface area contributed by atoms with Gasteiger partial charge in [0.05, 0.1) is 26.2 Å². The standard InChI is InChI=1S/C25H29FN2O3/c26-22-7-3-4-20(16-22)18-28(25(30)21-5-1-2-6-21)23-10-8-19(9-11-23)17-24(29)27-12-14-31-15-13-27/h3-4,7-11,16,21H,1-2,5-6,12-15,17-18H2. The summed E-state index contributed by atoms with van der Waals surface area (Å²) in [6.45, 7) is 2.77. The van der Waals surface area contributed by atoms with Gasteiger partial charge in [-0.2, -0.15) is 0 Å². The molecule has 0 unspecified atom stereocenters. The van der Waals surface area contributed by atoms with E-state index < -0.39 is 0 Å². The van der Waals surface area contributed by atoms with Crippen molar-refractivity contribution >= 4 is 17.5 Å². The Balaban J connectivity index is 1.50. The van der Waals surface area contributed by atoms with E-state index >= 15 is 0 Å². The largest absolute Gasteiger partial charge is 0.378 e. The normalized spacial score (nSPS) is 17.0. The van der Waals surface area contributed by atoms with Gasteiger partial charge >= 0.3 is 0 Å². The van der Waals surface area contributed by atoms with Crippen molar-refractivity contribution < 1.29 is 18.7 Å². The number of carbonyl (C=O) groups is 2. The van der Waals surface area contributed by atoms with Crippen LogP contribution in [0.1, 0.15) is 36.8 Å². The summed E-state index contributed by atoms with van der Waals surface area (Å²) in [5.41, 5.74) is 2.46. The summed E-state index contributed by atoms with van der Waals surface area (Å²) in [5, 5.41) is 0. The molecule has 1 saturated carbocycles. The Bertz CT molecular complexity index is 903. The maximum atomic E-state index is 13.7. The molecule has 0 aromatic heterocycles. The molecular weight excluding hydrogens is 395 g/mol. The van der Waals surface area contributed by atoms with Crippen LogP contribution in [0.4, 0.5) is 10.1 Å². The first kappa shape index (κ1) is 21.5. The van der Waals surface area contributed by atoms with Crippen molar-refractivity contribution in [2.24, 2.45) is 5.92 Å². The molecule has 2 aromatic carbocycles. The Kier molecular flexibility index (Phi) is 6.97. The van der Waals surface area contributed by atoms with Crippen molar-refractivity contribution in [3.05, 3.63) is 65.5 Å². The van der Waals surface area contributed by atoms with Crippen molar-refractivity contribution in [3.8, 4) is 0 Å². The van der Waals surface area contributed by atoms with Crippen LogP contribution in [0.3, 0.4) is 0 Å². The molecular formula is C25H29FN2O3. The lowest BCUT2D eigenvalue weighted by molar-refractivity contribution is -0.134. The molecule has 5 nitrogen and oxygen atoms in total. The fraction of sp³-hybridized carbons (Fsp3) is 0.440. The summed E-state index contributed by atoms with van der Waals surface area (Å²) < 4.78 is 19.0. The maximum Gasteiger partial charge on any atom is 0.230 e. The third-order valence-electron chi connectivity index (χ3n) is 6.17. The molecule has 1 heterocycles. The van der Waals surface area contributed by atoms with E-state index in [1.165, 1.54) is 12.1 Å². The van der Waals surface area contributed by atoms with Crippen LogP contribution >= 0.6 is 0 Å². The number of ether oxygens (including phenoxy) is 1. The summed E-state index contributed by atoms with van der Waals surface area (Å²) in [7, 11) is 0. The number of halogens is 1. The maximum absolute atomic E-state index is 13.7. The number of benzene rings is 2. The lowest BCUT2D eigenvalue weighted by atomic mass is 10.0. The minimum absolute atomic E-state index is 0.0242. The Morgan fingerprint density at radius 3 is 2.39 bits per heavy atom. The zero-order chi connectivity index (χ0) is 21.6. The smallest absolute Gasteiger partial charge is 0.230 e. The fourth-order valence-corrected chi connectivity index (χ4v) is 4.40. The Hall–Kier alpha value is -2.73. The number of hydrogen-bond donors (Lipinski definition) is 0. The average molecular weight is 425 g/mol. The van der Waals surface area contributed by atoms with Crippen LogP contribution in [-0.2, 0) is 27.3 Å². The molecule has 164 valence electrons. The molecule has 2 fully saturated rings. The minimum Gasteiger partial charge on any atom is -0.378 e. The van der Waals surface area contributed by atoms with E-state index in [9.17, 15) is 14.0 Å². The Labute approximate surface area is 182 Å². The zero-order valence-corrected chi connectivity index (χ0v) is 17.8. The van der Waals surface area contributed by atoms with Crippen LogP contribution in [-0.4, -0.2) is 43.0 Å². The third kappa shape index (κ3) is 5.50. The van der Waals surface area contributed by atoms with Gasteiger partial charge in [0.2, 0.25) is 11.8 Å². The highest BCUT2D eigenvalue weighted by Crippen LogP contribution is 2.30. The second kappa shape index (κ2) is 10.1. The van der Waals surface area contributed by atoms with E-state index in [4.69, 9.17) is 4.74 Å². The van der Waals surface area contributed by atoms with Crippen molar-refractivity contribution in [3.63, 3.8) is 0 Å². The van der Waals surface area contributed by atoms with Crippen LogP contribution in [0.2, 0.25) is 0 Å². The molecule has 0 radical (unpaired) electrons. The predicted octanol–water partition coefficient (Wildman–Crippen LogP) is 3.95. The molecule has 1 aliphatic carbocycles. The molecule has 0 N–H and O–H groups in total. The molecule has 1 aliphatic heterocycles. The number of hydrogen-bond acceptors (Lipinski definition) is 3. The van der Waals surface area contributed by atoms with Gasteiger partial charge in [0.15, 0.2) is 0 Å². The molecule has 31 heavy (non-hydrogen) atoms. The lowest BCUT2D eigenvalue weighted by Gasteiger charge is -2.27. The number of amides is 2. The van der Waals surface area contributed by atoms with E-state index in [1.807, 2.05) is 35.2 Å². The highest BCUT2D eigenvalue weighted by molar-refractivity contribution is 5.95. The summed E-state index contributed by atoms with van der Waals surface area (Å²) in [6, 6.07) is 14.0. The first-order chi connectivity index (χ1) is 15.1. The van der Waals surface area contributed by atoms with Gasteiger partial charge in [0.25, 0.3) is 0 Å². The van der Waals surface area contributed by atoms with Crippen LogP contribution < -0.4 is 4.90 Å². The van der Waals surface area contributed by atoms with E-state index in [0.29, 0.717) is 39.3 Å². The highest BCUT2D eigenvalue weighted by atomic mass is 19.1. The number of rotatable bonds is 6. The number of morpholine rings is 1. The van der Waals surface area contributed by atoms with Gasteiger partial charge < -0.3 is 14.5 Å². The van der Waals surface area contributed by atoms with Gasteiger partial charge in [-0.05, 0) is 48.2 Å². The highest BCUT2D eigenvalue weighted by Gasteiger charge is 2.28. The Morgan fingerprint density at radius 2 is 1.71 bits per heavy atom. The van der Waals surface area contributed by atoms with Crippen molar-refractivity contribution in [1.82, 2.24) is 4.90 Å². The molecule has 0 atom stereocenters. The second-order valence-corrected chi connectivity index (χ2v) is 8.37. The second-order valence-electron chi connectivity index (χ2n) is 8.37. The molecule has 6 heteroatoms. The average Bonchev–Trinajstić information content (AvgIpc) is 3.33. The summed E-state index contributed by atoms with van der Waals surface area (Å²) in [5.74, 6) is -0.0903. The summed E-state index contributed by atoms with van der Waals surface area (Å²) >= 11 is 0. The van der Waals surface area contributed by atoms with E-state index in [1.54, 1.807) is 11.0 Å². The molecule has 2 aromatic rings. The molecule has 1 saturated heterocycles. The van der Waals surface area contributed by atoms with Crippen molar-refractivity contribution in [2.45, 2.75) is 38.6 Å². The van der Waals surface area contributed by atoms with Gasteiger partial charge in [-0.25, -0.2) is 4.39 Å². The molecule has 0 bridgehead atoms. The number of nitrogens with zero attached hydrogens (tertiary/aromatic N) is 2. The van der Waals surface area contributed by atoms with Gasteiger partial charge in [-0.1, -0.05) is 37.1 Å². The molecule has 2 amide bonds. The first-order valence-electron chi connectivity index (χ1n) is 11.1. The van der Waals surface area contributed by atoms with E-state index in [0.717, 1.165) is 42.5 Å². The van der Waals surface area contributed by atoms with Gasteiger partial charge in [0, 0.05) is 24.7 Å². The van der Waals surface area contributed by atoms with Gasteiger partial charge in [0.1, 0.15) is 5.82 Å². The minimum atomic E-state index is -0.303. The van der Waals surface area contributed by atoms with Crippen LogP contribution in [0, 0.1) is 11.7 Å². The topological polar surface area (TPSA) is 49.9 Å². The van der Waals surface area contributed by atoms with Crippen LogP contribution in [0.15, 0.2) is 48.5 Å². The van der Waals surface area contributed by atoms with Crippen LogP contribution in [0.5, 0.6) is 0 Å². The monoisotopic (exact) mass is 424 g/mol. The zero-order valence-electron chi connectivity index (χ0n) is 17.8. The van der Waals surface area contributed by atoms with Crippen molar-refractivity contribution in [2.75, 3.05) is 31.2 Å². The Morgan fingerprint density at radius 1 is 1.00 bits per heavy atom. The predicted molar refractivity (Wildman–Crippen MR) is 117 cm³/mol. The molecule has 0 spiro atoms. The number of carbonyl (C=O) groups excluding carboxylic acids is 2. The lowest BCUT2D eigenvalue weighted by Crippen LogP contribution is -2.41. The molecule has 2 aliphatic rings. The third-order valence-corrected chi connectivity index (χ3v) is 6.17. The SMILES string of the molecule is O=C(Cc1ccc(N(Cc2cccc(F)c2)C(=O)C2CCCC2)cc1)N1CCOCC1. The first-order valence-corrected chi connectivity index (χ1v) is 11.1. The van der Waals surface area contributed by atoms with Gasteiger partial charge in [-0.15, -0.1) is 0 Å². The summed E-state index contributed by atoms with van der Waals surface area (Å²) in [6.07, 6.45) is 4.30. The summed E-state index contributed by atoms with van der Waals surface area (Å²) in [4.78, 5) is 29.4. The van der Waals surface area contributed by atoms with E-state index in [2.05, 4.69) is 0 Å². The van der Waals surface area contributed by atoms with Crippen LogP contribution in [0.25, 0.3) is 0 Å². The number of anilines is 1. The van der Waals surface area contributed by atoms with E-state index in [-0.39, 0.29) is 23.5 Å². The van der Waals surface area contributed by atoms with Crippen molar-refractivity contribution in [1.29, 1.82) is 0 Å². The quantitative estimate of drug-likeness (QED) is 0.706. The van der Waals surface area contributed by atoms with Gasteiger partial charge in [-0.3, -0.25) is 9.59 Å². The fourth-order valence-electron chi connectivity index (χ4n) is 4.40.